The minimum atomic E-state index is -3.42. The van der Waals surface area contributed by atoms with Crippen molar-refractivity contribution >= 4 is 20.6 Å². The van der Waals surface area contributed by atoms with Crippen LogP contribution < -0.4 is 5.56 Å². The fourth-order valence-electron chi connectivity index (χ4n) is 3.04. The first-order valence-corrected chi connectivity index (χ1v) is 10.3. The number of hydrogen-bond acceptors (Lipinski definition) is 4. The maximum Gasteiger partial charge on any atom is 0.279 e. The molecule has 0 aliphatic heterocycles. The van der Waals surface area contributed by atoms with Gasteiger partial charge in [0.1, 0.15) is 5.82 Å². The molecule has 0 aliphatic carbocycles. The van der Waals surface area contributed by atoms with Gasteiger partial charge in [0.2, 0.25) is 0 Å². The van der Waals surface area contributed by atoms with E-state index in [-0.39, 0.29) is 10.3 Å². The molecule has 0 radical (unpaired) electrons. The zero-order chi connectivity index (χ0) is 19.9. The third-order valence-electron chi connectivity index (χ3n) is 4.40. The van der Waals surface area contributed by atoms with E-state index in [0.29, 0.717) is 22.3 Å². The van der Waals surface area contributed by atoms with Crippen LogP contribution in [-0.2, 0) is 9.84 Å². The van der Waals surface area contributed by atoms with Crippen molar-refractivity contribution in [2.45, 2.75) is 4.90 Å². The predicted molar refractivity (Wildman–Crippen MR) is 106 cm³/mol. The van der Waals surface area contributed by atoms with Gasteiger partial charge in [0.15, 0.2) is 9.84 Å². The predicted octanol–water partition coefficient (Wildman–Crippen LogP) is 3.60. The third-order valence-corrected chi connectivity index (χ3v) is 5.51. The van der Waals surface area contributed by atoms with Crippen molar-refractivity contribution in [3.8, 4) is 16.9 Å². The number of sulfone groups is 1. The summed E-state index contributed by atoms with van der Waals surface area (Å²) in [5.74, 6) is -0.536. The molecule has 0 N–H and O–H groups in total. The highest BCUT2D eigenvalue weighted by Gasteiger charge is 2.16. The first kappa shape index (κ1) is 18.1. The van der Waals surface area contributed by atoms with Crippen LogP contribution in [0.25, 0.3) is 27.7 Å². The Bertz CT molecular complexity index is 1360. The van der Waals surface area contributed by atoms with Crippen LogP contribution in [0.4, 0.5) is 4.39 Å². The monoisotopic (exact) mass is 394 g/mol. The van der Waals surface area contributed by atoms with E-state index in [1.807, 2.05) is 6.07 Å². The van der Waals surface area contributed by atoms with E-state index >= 15 is 0 Å². The zero-order valence-corrected chi connectivity index (χ0v) is 15.7. The van der Waals surface area contributed by atoms with Gasteiger partial charge in [0.25, 0.3) is 5.56 Å². The molecule has 0 unspecified atom stereocenters. The Balaban J connectivity index is 2.09. The third kappa shape index (κ3) is 3.20. The molecule has 0 saturated carbocycles. The fraction of sp³-hybridized carbons (Fsp3) is 0.0476. The molecule has 0 spiro atoms. The first-order chi connectivity index (χ1) is 13.3. The smallest absolute Gasteiger partial charge is 0.267 e. The summed E-state index contributed by atoms with van der Waals surface area (Å²) >= 11 is 0. The zero-order valence-electron chi connectivity index (χ0n) is 14.8. The summed E-state index contributed by atoms with van der Waals surface area (Å²) in [5, 5.41) is 5.09. The quantitative estimate of drug-likeness (QED) is 0.532. The van der Waals surface area contributed by atoms with Crippen LogP contribution in [0.5, 0.6) is 0 Å². The highest BCUT2D eigenvalue weighted by molar-refractivity contribution is 7.90. The number of para-hydroxylation sites is 1. The number of aromatic nitrogens is 2. The van der Waals surface area contributed by atoms with Gasteiger partial charge >= 0.3 is 0 Å². The molecule has 0 amide bonds. The molecule has 5 nitrogen and oxygen atoms in total. The average molecular weight is 394 g/mol. The first-order valence-electron chi connectivity index (χ1n) is 8.43. The van der Waals surface area contributed by atoms with Crippen molar-refractivity contribution in [2.24, 2.45) is 0 Å². The van der Waals surface area contributed by atoms with Crippen molar-refractivity contribution in [3.05, 3.63) is 89.0 Å². The Morgan fingerprint density at radius 1 is 0.893 bits per heavy atom. The molecule has 140 valence electrons. The summed E-state index contributed by atoms with van der Waals surface area (Å²) < 4.78 is 38.9. The van der Waals surface area contributed by atoms with Crippen LogP contribution >= 0.6 is 0 Å². The number of rotatable bonds is 3. The fourth-order valence-corrected chi connectivity index (χ4v) is 3.71. The van der Waals surface area contributed by atoms with Gasteiger partial charge in [-0.05, 0) is 42.5 Å². The molecule has 0 fully saturated rings. The molecule has 1 aromatic heterocycles. The van der Waals surface area contributed by atoms with Crippen molar-refractivity contribution in [2.75, 3.05) is 6.26 Å². The molecule has 4 aromatic rings. The minimum Gasteiger partial charge on any atom is -0.267 e. The standard InChI is InChI=1S/C21H15FN2O3S/c1-28(26,27)17-9-5-6-14(12-17)20-18-11-10-15(22)13-19(18)21(25)24(23-20)16-7-3-2-4-8-16/h2-13H,1H3. The molecule has 28 heavy (non-hydrogen) atoms. The van der Waals surface area contributed by atoms with Crippen molar-refractivity contribution in [1.29, 1.82) is 0 Å². The van der Waals surface area contributed by atoms with Gasteiger partial charge in [0.05, 0.1) is 21.7 Å². The van der Waals surface area contributed by atoms with Crippen LogP contribution in [0.15, 0.2) is 82.5 Å². The summed E-state index contributed by atoms with van der Waals surface area (Å²) in [6.45, 7) is 0. The van der Waals surface area contributed by atoms with E-state index in [4.69, 9.17) is 0 Å². The van der Waals surface area contributed by atoms with Crippen LogP contribution in [0.1, 0.15) is 0 Å². The van der Waals surface area contributed by atoms with Gasteiger partial charge in [-0.2, -0.15) is 9.78 Å². The van der Waals surface area contributed by atoms with Crippen LogP contribution in [0, 0.1) is 5.82 Å². The van der Waals surface area contributed by atoms with Gasteiger partial charge < -0.3 is 0 Å². The Kier molecular flexibility index (Phi) is 4.31. The summed E-state index contributed by atoms with van der Waals surface area (Å²) in [4.78, 5) is 13.1. The molecule has 1 heterocycles. The summed E-state index contributed by atoms with van der Waals surface area (Å²) in [6.07, 6.45) is 1.12. The lowest BCUT2D eigenvalue weighted by Crippen LogP contribution is -2.22. The lowest BCUT2D eigenvalue weighted by molar-refractivity contribution is 0.602. The van der Waals surface area contributed by atoms with Gasteiger partial charge in [-0.15, -0.1) is 0 Å². The molecule has 7 heteroatoms. The Morgan fingerprint density at radius 2 is 1.64 bits per heavy atom. The molecule has 0 bridgehead atoms. The average Bonchev–Trinajstić information content (AvgIpc) is 2.69. The van der Waals surface area contributed by atoms with E-state index in [1.165, 1.54) is 35.0 Å². The normalized spacial score (nSPS) is 11.6. The Hall–Kier alpha value is -3.32. The van der Waals surface area contributed by atoms with Gasteiger partial charge in [-0.25, -0.2) is 12.8 Å². The second-order valence-electron chi connectivity index (χ2n) is 6.39. The number of nitrogens with zero attached hydrogens (tertiary/aromatic N) is 2. The second kappa shape index (κ2) is 6.69. The van der Waals surface area contributed by atoms with Crippen molar-refractivity contribution in [1.82, 2.24) is 9.78 Å². The van der Waals surface area contributed by atoms with Crippen LogP contribution in [0.2, 0.25) is 0 Å². The maximum atomic E-state index is 13.9. The SMILES string of the molecule is CS(=O)(=O)c1cccc(-c2nn(-c3ccccc3)c(=O)c3cc(F)ccc23)c1. The van der Waals surface area contributed by atoms with Crippen LogP contribution in [-0.4, -0.2) is 24.5 Å². The highest BCUT2D eigenvalue weighted by Crippen LogP contribution is 2.27. The Labute approximate surface area is 160 Å². The number of fused-ring (bicyclic) bond motifs is 1. The molecular formula is C21H15FN2O3S. The second-order valence-corrected chi connectivity index (χ2v) is 8.41. The summed E-state index contributed by atoms with van der Waals surface area (Å²) in [7, 11) is -3.42. The van der Waals surface area contributed by atoms with E-state index in [9.17, 15) is 17.6 Å². The van der Waals surface area contributed by atoms with Gasteiger partial charge in [0, 0.05) is 17.2 Å². The molecule has 0 saturated heterocycles. The van der Waals surface area contributed by atoms with E-state index in [0.717, 1.165) is 6.26 Å². The van der Waals surface area contributed by atoms with E-state index < -0.39 is 21.2 Å². The molecule has 3 aromatic carbocycles. The lowest BCUT2D eigenvalue weighted by atomic mass is 10.0. The molecule has 4 rings (SSSR count). The van der Waals surface area contributed by atoms with Crippen LogP contribution in [0.3, 0.4) is 0 Å². The molecule has 0 aliphatic rings. The molecular weight excluding hydrogens is 379 g/mol. The van der Waals surface area contributed by atoms with Crippen molar-refractivity contribution in [3.63, 3.8) is 0 Å². The topological polar surface area (TPSA) is 69.0 Å². The highest BCUT2D eigenvalue weighted by atomic mass is 32.2. The number of halogens is 1. The Morgan fingerprint density at radius 3 is 2.36 bits per heavy atom. The molecule has 0 atom stereocenters. The minimum absolute atomic E-state index is 0.138. The number of benzene rings is 3. The summed E-state index contributed by atoms with van der Waals surface area (Å²) in [6, 6.07) is 19.0. The summed E-state index contributed by atoms with van der Waals surface area (Å²) in [5.41, 5.74) is 0.982. The van der Waals surface area contributed by atoms with Gasteiger partial charge in [-0.1, -0.05) is 30.3 Å². The largest absolute Gasteiger partial charge is 0.279 e. The van der Waals surface area contributed by atoms with Crippen molar-refractivity contribution < 1.29 is 12.8 Å². The lowest BCUT2D eigenvalue weighted by Gasteiger charge is -2.12. The maximum absolute atomic E-state index is 13.9. The van der Waals surface area contributed by atoms with E-state index in [1.54, 1.807) is 36.4 Å². The van der Waals surface area contributed by atoms with E-state index in [2.05, 4.69) is 5.10 Å². The number of hydrogen-bond donors (Lipinski definition) is 0. The van der Waals surface area contributed by atoms with Gasteiger partial charge in [-0.3, -0.25) is 4.79 Å².